The minimum Gasteiger partial charge on any atom is -0.497 e. The number of rotatable bonds is 10. The Balaban J connectivity index is 1.69. The van der Waals surface area contributed by atoms with Crippen molar-refractivity contribution in [2.45, 2.75) is 11.3 Å². The van der Waals surface area contributed by atoms with Crippen molar-refractivity contribution in [1.82, 2.24) is 4.72 Å². The zero-order valence-corrected chi connectivity index (χ0v) is 21.3. The van der Waals surface area contributed by atoms with Crippen molar-refractivity contribution in [2.24, 2.45) is 0 Å². The number of benzene rings is 3. The molecule has 3 rings (SSSR count). The minimum atomic E-state index is -3.89. The van der Waals surface area contributed by atoms with Crippen LogP contribution in [-0.2, 0) is 10.0 Å². The van der Waals surface area contributed by atoms with Crippen molar-refractivity contribution in [3.8, 4) is 5.75 Å². The van der Waals surface area contributed by atoms with Gasteiger partial charge in [-0.2, -0.15) is 0 Å². The number of nitrogens with zero attached hydrogens (tertiary/aromatic N) is 2. The molecule has 0 aromatic heterocycles. The normalized spacial score (nSPS) is 11.1. The summed E-state index contributed by atoms with van der Waals surface area (Å²) in [5.41, 5.74) is 0.787. The largest absolute Gasteiger partial charge is 0.497 e. The topological polar surface area (TPSA) is 131 Å². The first kappa shape index (κ1) is 27.2. The number of hydrogen-bond acceptors (Lipinski definition) is 6. The molecule has 0 aliphatic carbocycles. The van der Waals surface area contributed by atoms with Gasteiger partial charge in [0.15, 0.2) is 0 Å². The summed E-state index contributed by atoms with van der Waals surface area (Å²) in [7, 11) is -2.36. The van der Waals surface area contributed by atoms with Gasteiger partial charge in [-0.15, -0.1) is 0 Å². The summed E-state index contributed by atoms with van der Waals surface area (Å²) in [5.74, 6) is 0.611. The van der Waals surface area contributed by atoms with Crippen LogP contribution in [0, 0.1) is 10.1 Å². The zero-order valence-electron chi connectivity index (χ0n) is 19.0. The number of nitrogens with one attached hydrogen (secondary N) is 2. The fourth-order valence-corrected chi connectivity index (χ4v) is 4.52. The summed E-state index contributed by atoms with van der Waals surface area (Å²) < 4.78 is 32.7. The highest BCUT2D eigenvalue weighted by Crippen LogP contribution is 2.26. The van der Waals surface area contributed by atoms with E-state index in [2.05, 4.69) is 10.0 Å². The van der Waals surface area contributed by atoms with Crippen LogP contribution in [0.2, 0.25) is 10.0 Å². The number of sulfonamides is 1. The molecule has 0 bridgehead atoms. The van der Waals surface area contributed by atoms with Crippen LogP contribution >= 0.6 is 23.2 Å². The Labute approximate surface area is 218 Å². The van der Waals surface area contributed by atoms with E-state index in [1.807, 2.05) is 0 Å². The van der Waals surface area contributed by atoms with Gasteiger partial charge in [-0.3, -0.25) is 15.0 Å². The molecule has 2 amide bonds. The molecule has 0 radical (unpaired) electrons. The molecule has 0 unspecified atom stereocenters. The van der Waals surface area contributed by atoms with Crippen LogP contribution in [0.25, 0.3) is 0 Å². The second-order valence-electron chi connectivity index (χ2n) is 7.41. The van der Waals surface area contributed by atoms with E-state index in [-0.39, 0.29) is 35.1 Å². The zero-order chi connectivity index (χ0) is 26.3. The lowest BCUT2D eigenvalue weighted by Gasteiger charge is -2.24. The number of carbonyl (C=O) groups is 1. The van der Waals surface area contributed by atoms with Crippen molar-refractivity contribution in [1.29, 1.82) is 0 Å². The number of nitro groups is 1. The van der Waals surface area contributed by atoms with E-state index < -0.39 is 21.0 Å². The number of halogens is 2. The van der Waals surface area contributed by atoms with E-state index in [1.54, 1.807) is 36.4 Å². The van der Waals surface area contributed by atoms with E-state index in [4.69, 9.17) is 27.9 Å². The van der Waals surface area contributed by atoms with Crippen LogP contribution in [-0.4, -0.2) is 39.6 Å². The summed E-state index contributed by atoms with van der Waals surface area (Å²) in [5, 5.41) is 14.2. The first-order valence-electron chi connectivity index (χ1n) is 10.5. The molecule has 36 heavy (non-hydrogen) atoms. The fraction of sp³-hybridized carbons (Fsp3) is 0.174. The SMILES string of the molecule is COc1ccc(N(CCCNS(=O)(=O)c2ccc([N+](=O)[O-])cc2)C(=O)Nc2ccc(Cl)c(Cl)c2)cc1. The maximum absolute atomic E-state index is 13.1. The van der Waals surface area contributed by atoms with Gasteiger partial charge in [0, 0.05) is 36.6 Å². The number of hydrogen-bond donors (Lipinski definition) is 2. The summed E-state index contributed by atoms with van der Waals surface area (Å²) in [6.07, 6.45) is 0.271. The molecule has 0 atom stereocenters. The van der Waals surface area contributed by atoms with Gasteiger partial charge < -0.3 is 10.1 Å². The van der Waals surface area contributed by atoms with E-state index in [0.29, 0.717) is 22.1 Å². The number of nitro benzene ring substituents is 1. The summed E-state index contributed by atoms with van der Waals surface area (Å²) >= 11 is 12.0. The van der Waals surface area contributed by atoms with Crippen molar-refractivity contribution in [2.75, 3.05) is 30.4 Å². The van der Waals surface area contributed by atoms with Crippen LogP contribution in [0.3, 0.4) is 0 Å². The van der Waals surface area contributed by atoms with Gasteiger partial charge in [-0.05, 0) is 61.0 Å². The van der Waals surface area contributed by atoms with Crippen molar-refractivity contribution in [3.05, 3.63) is 86.9 Å². The molecular formula is C23H22Cl2N4O6S. The molecule has 0 saturated carbocycles. The lowest BCUT2D eigenvalue weighted by Crippen LogP contribution is -2.37. The van der Waals surface area contributed by atoms with Crippen molar-refractivity contribution < 1.29 is 22.9 Å². The van der Waals surface area contributed by atoms with Crippen LogP contribution in [0.4, 0.5) is 21.9 Å². The highest BCUT2D eigenvalue weighted by molar-refractivity contribution is 7.89. The number of non-ortho nitro benzene ring substituents is 1. The summed E-state index contributed by atoms with van der Waals surface area (Å²) in [6, 6.07) is 15.6. The maximum Gasteiger partial charge on any atom is 0.326 e. The lowest BCUT2D eigenvalue weighted by atomic mass is 10.2. The van der Waals surface area contributed by atoms with Gasteiger partial charge in [0.25, 0.3) is 5.69 Å². The Bertz CT molecular complexity index is 1340. The van der Waals surface area contributed by atoms with Gasteiger partial charge in [0.1, 0.15) is 5.75 Å². The second kappa shape index (κ2) is 12.0. The second-order valence-corrected chi connectivity index (χ2v) is 9.99. The third-order valence-electron chi connectivity index (χ3n) is 5.01. The van der Waals surface area contributed by atoms with Crippen LogP contribution in [0.1, 0.15) is 6.42 Å². The summed E-state index contributed by atoms with van der Waals surface area (Å²) in [4.78, 5) is 24.6. The Hall–Kier alpha value is -3.38. The molecule has 13 heteroatoms. The van der Waals surface area contributed by atoms with Gasteiger partial charge in [-0.1, -0.05) is 23.2 Å². The third kappa shape index (κ3) is 7.08. The molecule has 2 N–H and O–H groups in total. The number of amides is 2. The molecule has 3 aromatic carbocycles. The first-order chi connectivity index (χ1) is 17.1. The number of urea groups is 1. The number of ether oxygens (including phenoxy) is 1. The van der Waals surface area contributed by atoms with Gasteiger partial charge in [0.05, 0.1) is 27.0 Å². The lowest BCUT2D eigenvalue weighted by molar-refractivity contribution is -0.384. The maximum atomic E-state index is 13.1. The minimum absolute atomic E-state index is 0.0199. The summed E-state index contributed by atoms with van der Waals surface area (Å²) in [6.45, 7) is 0.189. The highest BCUT2D eigenvalue weighted by atomic mass is 35.5. The molecule has 0 spiro atoms. The predicted molar refractivity (Wildman–Crippen MR) is 139 cm³/mol. The van der Waals surface area contributed by atoms with Gasteiger partial charge in [-0.25, -0.2) is 17.9 Å². The number of carbonyl (C=O) groups excluding carboxylic acids is 1. The molecule has 0 heterocycles. The average Bonchev–Trinajstić information content (AvgIpc) is 2.86. The molecule has 0 fully saturated rings. The quantitative estimate of drug-likeness (QED) is 0.199. The van der Waals surface area contributed by atoms with Crippen LogP contribution in [0.5, 0.6) is 5.75 Å². The average molecular weight is 553 g/mol. The Kier molecular flexibility index (Phi) is 9.10. The number of anilines is 2. The molecule has 0 aliphatic rings. The third-order valence-corrected chi connectivity index (χ3v) is 7.22. The molecule has 0 aliphatic heterocycles. The van der Waals surface area contributed by atoms with E-state index in [1.165, 1.54) is 18.1 Å². The standard InChI is InChI=1S/C23H22Cl2N4O6S/c1-35-19-8-4-17(5-9-19)28(23(30)27-16-3-12-21(24)22(25)15-16)14-2-13-26-36(33,34)20-10-6-18(7-11-20)29(31)32/h3-12,15,26H,2,13-14H2,1H3,(H,27,30). The molecular weight excluding hydrogens is 531 g/mol. The monoisotopic (exact) mass is 552 g/mol. The molecule has 3 aromatic rings. The fourth-order valence-electron chi connectivity index (χ4n) is 3.15. The van der Waals surface area contributed by atoms with Crippen molar-refractivity contribution >= 4 is 56.3 Å². The van der Waals surface area contributed by atoms with Crippen molar-refractivity contribution in [3.63, 3.8) is 0 Å². The smallest absolute Gasteiger partial charge is 0.326 e. The Morgan fingerprint density at radius 1 is 1.03 bits per heavy atom. The van der Waals surface area contributed by atoms with Gasteiger partial charge >= 0.3 is 6.03 Å². The molecule has 0 saturated heterocycles. The predicted octanol–water partition coefficient (Wildman–Crippen LogP) is 5.32. The molecule has 10 nitrogen and oxygen atoms in total. The Morgan fingerprint density at radius 2 is 1.69 bits per heavy atom. The van der Waals surface area contributed by atoms with E-state index >= 15 is 0 Å². The highest BCUT2D eigenvalue weighted by Gasteiger charge is 2.19. The van der Waals surface area contributed by atoms with Crippen LogP contribution < -0.4 is 19.7 Å². The first-order valence-corrected chi connectivity index (χ1v) is 12.8. The van der Waals surface area contributed by atoms with E-state index in [0.717, 1.165) is 24.3 Å². The van der Waals surface area contributed by atoms with Crippen LogP contribution in [0.15, 0.2) is 71.6 Å². The van der Waals surface area contributed by atoms with Gasteiger partial charge in [0.2, 0.25) is 10.0 Å². The molecule has 190 valence electrons. The Morgan fingerprint density at radius 3 is 2.28 bits per heavy atom. The number of methoxy groups -OCH3 is 1. The van der Waals surface area contributed by atoms with E-state index in [9.17, 15) is 23.3 Å².